The molecule has 1 saturated heterocycles. The second-order valence-corrected chi connectivity index (χ2v) is 12.5. The lowest BCUT2D eigenvalue weighted by Crippen LogP contribution is -2.35. The summed E-state index contributed by atoms with van der Waals surface area (Å²) in [5.74, 6) is -1.46. The van der Waals surface area contributed by atoms with Crippen LogP contribution in [-0.4, -0.2) is 37.4 Å². The number of halogens is 3. The first-order chi connectivity index (χ1) is 17.2. The Morgan fingerprint density at radius 1 is 1.19 bits per heavy atom. The Kier molecular flexibility index (Phi) is 8.76. The maximum Gasteiger partial charge on any atom is 0.348 e. The number of nitrogens with zero attached hydrogens (tertiary/aromatic N) is 1. The number of ether oxygens (including phenoxy) is 1. The Balaban J connectivity index is 1.90. The molecule has 1 fully saturated rings. The molecule has 36 heavy (non-hydrogen) atoms. The number of carboxylic acids is 1. The highest BCUT2D eigenvalue weighted by Gasteiger charge is 2.40. The van der Waals surface area contributed by atoms with Gasteiger partial charge in [-0.15, -0.1) is 11.3 Å². The van der Waals surface area contributed by atoms with E-state index in [1.54, 1.807) is 41.9 Å². The van der Waals surface area contributed by atoms with E-state index in [2.05, 4.69) is 0 Å². The maximum absolute atomic E-state index is 14.8. The Morgan fingerprint density at radius 3 is 2.50 bits per heavy atom. The molecule has 11 heteroatoms. The van der Waals surface area contributed by atoms with Gasteiger partial charge in [0.15, 0.2) is 0 Å². The highest BCUT2D eigenvalue weighted by atomic mass is 35.5. The molecule has 0 bridgehead atoms. The first-order valence-electron chi connectivity index (χ1n) is 11.4. The van der Waals surface area contributed by atoms with Crippen molar-refractivity contribution in [1.29, 1.82) is 0 Å². The number of carboxylic acid groups (broad SMARTS) is 1. The number of hydrogen-bond donors (Lipinski definition) is 1. The second kappa shape index (κ2) is 11.6. The van der Waals surface area contributed by atoms with Crippen molar-refractivity contribution in [2.45, 2.75) is 19.8 Å². The summed E-state index contributed by atoms with van der Waals surface area (Å²) in [5, 5.41) is 10.9. The zero-order valence-corrected chi connectivity index (χ0v) is 22.7. The Morgan fingerprint density at radius 2 is 1.89 bits per heavy atom. The van der Waals surface area contributed by atoms with Gasteiger partial charge in [-0.3, -0.25) is 9.24 Å². The SMILES string of the molecule is CCOP(=O)(c1ccc(Cl)cc1Cl)N(CC1CCOCC1)c1cc(-c2ccc(F)cc2)sc1C(=O)O. The fraction of sp³-hybridized carbons (Fsp3) is 0.320. The van der Waals surface area contributed by atoms with Crippen LogP contribution in [0, 0.1) is 11.7 Å². The summed E-state index contributed by atoms with van der Waals surface area (Å²) in [4.78, 5) is 13.0. The molecular weight excluding hydrogens is 547 g/mol. The lowest BCUT2D eigenvalue weighted by atomic mass is 10.0. The van der Waals surface area contributed by atoms with Crippen molar-refractivity contribution < 1.29 is 28.1 Å². The molecule has 0 amide bonds. The molecule has 1 atom stereocenters. The van der Waals surface area contributed by atoms with Gasteiger partial charge < -0.3 is 14.4 Å². The van der Waals surface area contributed by atoms with Crippen molar-refractivity contribution in [3.8, 4) is 10.4 Å². The van der Waals surface area contributed by atoms with Gasteiger partial charge in [0.1, 0.15) is 10.7 Å². The van der Waals surface area contributed by atoms with Crippen LogP contribution in [0.2, 0.25) is 10.0 Å². The van der Waals surface area contributed by atoms with Crippen molar-refractivity contribution in [2.75, 3.05) is 31.0 Å². The zero-order valence-electron chi connectivity index (χ0n) is 19.5. The molecule has 0 saturated carbocycles. The van der Waals surface area contributed by atoms with Crippen molar-refractivity contribution >= 4 is 59.0 Å². The fourth-order valence-corrected chi connectivity index (χ4v) is 8.33. The Labute approximate surface area is 223 Å². The molecule has 4 rings (SSSR count). The number of carbonyl (C=O) groups is 1. The van der Waals surface area contributed by atoms with Gasteiger partial charge >= 0.3 is 13.5 Å². The van der Waals surface area contributed by atoms with Gasteiger partial charge in [0.05, 0.1) is 22.6 Å². The highest BCUT2D eigenvalue weighted by molar-refractivity contribution is 7.68. The number of benzene rings is 2. The third-order valence-corrected chi connectivity index (χ3v) is 10.4. The highest BCUT2D eigenvalue weighted by Crippen LogP contribution is 2.56. The third-order valence-electron chi connectivity index (χ3n) is 5.92. The van der Waals surface area contributed by atoms with E-state index in [1.165, 1.54) is 18.2 Å². The summed E-state index contributed by atoms with van der Waals surface area (Å²) in [5.41, 5.74) is 0.915. The van der Waals surface area contributed by atoms with Crippen LogP contribution in [0.15, 0.2) is 48.5 Å². The lowest BCUT2D eigenvalue weighted by Gasteiger charge is -2.36. The molecule has 0 spiro atoms. The Hall–Kier alpha value is -1.93. The summed E-state index contributed by atoms with van der Waals surface area (Å²) >= 11 is 13.6. The van der Waals surface area contributed by atoms with Gasteiger partial charge in [-0.25, -0.2) is 9.18 Å². The van der Waals surface area contributed by atoms with E-state index in [4.69, 9.17) is 32.5 Å². The third kappa shape index (κ3) is 5.80. The van der Waals surface area contributed by atoms with Gasteiger partial charge in [-0.1, -0.05) is 35.3 Å². The fourth-order valence-electron chi connectivity index (χ4n) is 4.16. The molecule has 2 heterocycles. The summed E-state index contributed by atoms with van der Waals surface area (Å²) in [6.45, 7) is 3.24. The van der Waals surface area contributed by atoms with Crippen LogP contribution >= 0.6 is 42.1 Å². The van der Waals surface area contributed by atoms with Crippen LogP contribution in [0.5, 0.6) is 0 Å². The Bertz CT molecular complexity index is 1280. The number of rotatable bonds is 9. The van der Waals surface area contributed by atoms with Crippen LogP contribution in [0.1, 0.15) is 29.4 Å². The van der Waals surface area contributed by atoms with Crippen molar-refractivity contribution in [3.63, 3.8) is 0 Å². The first kappa shape index (κ1) is 27.1. The van der Waals surface area contributed by atoms with E-state index in [9.17, 15) is 18.9 Å². The molecule has 0 aliphatic carbocycles. The second-order valence-electron chi connectivity index (χ2n) is 8.31. The normalized spacial score (nSPS) is 16.0. The van der Waals surface area contributed by atoms with Crippen molar-refractivity contribution in [2.24, 2.45) is 5.92 Å². The molecule has 2 aromatic carbocycles. The van der Waals surface area contributed by atoms with Crippen LogP contribution in [0.4, 0.5) is 10.1 Å². The van der Waals surface area contributed by atoms with Gasteiger partial charge in [0.2, 0.25) is 0 Å². The van der Waals surface area contributed by atoms with E-state index in [0.29, 0.717) is 28.7 Å². The zero-order chi connectivity index (χ0) is 25.9. The van der Waals surface area contributed by atoms with Gasteiger partial charge in [0.25, 0.3) is 0 Å². The van der Waals surface area contributed by atoms with Gasteiger partial charge in [-0.05, 0) is 67.6 Å². The van der Waals surface area contributed by atoms with E-state index in [-0.39, 0.29) is 40.0 Å². The minimum absolute atomic E-state index is 0.00592. The average Bonchev–Trinajstić information content (AvgIpc) is 3.29. The van der Waals surface area contributed by atoms with Crippen molar-refractivity contribution in [1.82, 2.24) is 0 Å². The van der Waals surface area contributed by atoms with Crippen molar-refractivity contribution in [3.05, 3.63) is 69.3 Å². The molecule has 3 aromatic rings. The minimum atomic E-state index is -3.90. The molecule has 1 N–H and O–H groups in total. The summed E-state index contributed by atoms with van der Waals surface area (Å²) in [7, 11) is -3.90. The van der Waals surface area contributed by atoms with Crippen LogP contribution in [0.25, 0.3) is 10.4 Å². The summed E-state index contributed by atoms with van der Waals surface area (Å²) < 4.78 is 41.3. The lowest BCUT2D eigenvalue weighted by molar-refractivity contribution is 0.0683. The average molecular weight is 572 g/mol. The largest absolute Gasteiger partial charge is 0.477 e. The van der Waals surface area contributed by atoms with E-state index >= 15 is 0 Å². The maximum atomic E-state index is 14.8. The predicted octanol–water partition coefficient (Wildman–Crippen LogP) is 7.35. The quantitative estimate of drug-likeness (QED) is 0.271. The summed E-state index contributed by atoms with van der Waals surface area (Å²) in [6.07, 6.45) is 1.46. The number of anilines is 1. The monoisotopic (exact) mass is 571 g/mol. The number of aromatic carboxylic acids is 1. The molecule has 6 nitrogen and oxygen atoms in total. The van der Waals surface area contributed by atoms with Gasteiger partial charge in [-0.2, -0.15) is 0 Å². The smallest absolute Gasteiger partial charge is 0.348 e. The molecular formula is C25H25Cl2FNO5PS. The molecule has 0 radical (unpaired) electrons. The number of thiophene rings is 1. The van der Waals surface area contributed by atoms with Crippen LogP contribution < -0.4 is 9.97 Å². The summed E-state index contributed by atoms with van der Waals surface area (Å²) in [6, 6.07) is 12.1. The molecule has 1 aliphatic heterocycles. The van der Waals surface area contributed by atoms with E-state index in [1.807, 2.05) is 0 Å². The van der Waals surface area contributed by atoms with Gasteiger partial charge in [0, 0.05) is 29.7 Å². The molecule has 1 unspecified atom stereocenters. The topological polar surface area (TPSA) is 76.1 Å². The van der Waals surface area contributed by atoms with E-state index in [0.717, 1.165) is 24.2 Å². The first-order valence-corrected chi connectivity index (χ1v) is 14.6. The standard InChI is InChI=1S/C25H25Cl2FNO5PS/c1-2-34-35(32,22-8-5-18(26)13-20(22)27)29(15-16-9-11-33-12-10-16)21-14-23(36-24(21)25(30)31)17-3-6-19(28)7-4-17/h3-8,13-14,16H,2,9-12,15H2,1H3,(H,30,31). The van der Waals surface area contributed by atoms with Crippen LogP contribution in [-0.2, 0) is 13.8 Å². The number of hydrogen-bond acceptors (Lipinski definition) is 5. The predicted molar refractivity (Wildman–Crippen MR) is 143 cm³/mol. The minimum Gasteiger partial charge on any atom is -0.477 e. The molecule has 1 aliphatic rings. The molecule has 192 valence electrons. The van der Waals surface area contributed by atoms with Crippen LogP contribution in [0.3, 0.4) is 0 Å². The van der Waals surface area contributed by atoms with E-state index < -0.39 is 19.3 Å². The molecule has 1 aromatic heterocycles.